The lowest BCUT2D eigenvalue weighted by Gasteiger charge is -2.01. The van der Waals surface area contributed by atoms with Gasteiger partial charge in [0.25, 0.3) is 0 Å². The largest absolute Gasteiger partial charge is 0.252 e. The summed E-state index contributed by atoms with van der Waals surface area (Å²) in [5.74, 6) is 0.456. The van der Waals surface area contributed by atoms with Crippen LogP contribution in [-0.4, -0.2) is 15.0 Å². The molecule has 0 radical (unpaired) electrons. The summed E-state index contributed by atoms with van der Waals surface area (Å²) in [4.78, 5) is 0. The SMILES string of the molecule is CC(C)c1cn(CCCc2ccccc2)nn1. The van der Waals surface area contributed by atoms with E-state index in [2.05, 4.69) is 60.7 Å². The summed E-state index contributed by atoms with van der Waals surface area (Å²) < 4.78 is 1.94. The first-order valence-electron chi connectivity index (χ1n) is 6.19. The van der Waals surface area contributed by atoms with Gasteiger partial charge in [0.1, 0.15) is 0 Å². The number of hydrogen-bond donors (Lipinski definition) is 0. The van der Waals surface area contributed by atoms with Crippen molar-refractivity contribution in [2.24, 2.45) is 0 Å². The van der Waals surface area contributed by atoms with Gasteiger partial charge in [0.05, 0.1) is 5.69 Å². The second kappa shape index (κ2) is 5.62. The quantitative estimate of drug-likeness (QED) is 0.789. The van der Waals surface area contributed by atoms with Crippen LogP contribution in [0.2, 0.25) is 0 Å². The molecule has 1 aromatic carbocycles. The average molecular weight is 229 g/mol. The molecule has 0 bridgehead atoms. The van der Waals surface area contributed by atoms with Gasteiger partial charge in [-0.3, -0.25) is 4.68 Å². The second-order valence-electron chi connectivity index (χ2n) is 4.65. The highest BCUT2D eigenvalue weighted by atomic mass is 15.4. The van der Waals surface area contributed by atoms with Crippen LogP contribution in [0.25, 0.3) is 0 Å². The highest BCUT2D eigenvalue weighted by Gasteiger charge is 2.04. The van der Waals surface area contributed by atoms with E-state index in [1.807, 2.05) is 4.68 Å². The van der Waals surface area contributed by atoms with Crippen molar-refractivity contribution in [3.05, 3.63) is 47.8 Å². The summed E-state index contributed by atoms with van der Waals surface area (Å²) in [6.07, 6.45) is 4.25. The molecule has 0 unspecified atom stereocenters. The molecule has 17 heavy (non-hydrogen) atoms. The molecule has 3 nitrogen and oxygen atoms in total. The highest BCUT2D eigenvalue weighted by molar-refractivity contribution is 5.14. The minimum absolute atomic E-state index is 0.456. The van der Waals surface area contributed by atoms with Crippen LogP contribution < -0.4 is 0 Å². The normalized spacial score (nSPS) is 11.0. The second-order valence-corrected chi connectivity index (χ2v) is 4.65. The molecule has 0 saturated carbocycles. The number of aryl methyl sites for hydroxylation is 2. The fraction of sp³-hybridized carbons (Fsp3) is 0.429. The van der Waals surface area contributed by atoms with Crippen LogP contribution in [0.15, 0.2) is 36.5 Å². The summed E-state index contributed by atoms with van der Waals surface area (Å²) in [5.41, 5.74) is 2.46. The molecule has 0 saturated heterocycles. The lowest BCUT2D eigenvalue weighted by atomic mass is 10.1. The Balaban J connectivity index is 1.82. The molecule has 0 fully saturated rings. The predicted molar refractivity (Wildman–Crippen MR) is 68.9 cm³/mol. The summed E-state index contributed by atoms with van der Waals surface area (Å²) in [6.45, 7) is 5.21. The topological polar surface area (TPSA) is 30.7 Å². The van der Waals surface area contributed by atoms with E-state index in [1.54, 1.807) is 0 Å². The van der Waals surface area contributed by atoms with E-state index in [0.29, 0.717) is 5.92 Å². The van der Waals surface area contributed by atoms with Crippen molar-refractivity contribution in [1.82, 2.24) is 15.0 Å². The first-order chi connectivity index (χ1) is 8.25. The Morgan fingerprint density at radius 2 is 1.94 bits per heavy atom. The molecule has 0 N–H and O–H groups in total. The molecule has 0 aliphatic carbocycles. The number of hydrogen-bond acceptors (Lipinski definition) is 2. The minimum Gasteiger partial charge on any atom is -0.252 e. The summed E-state index contributed by atoms with van der Waals surface area (Å²) in [5, 5.41) is 8.29. The van der Waals surface area contributed by atoms with Crippen LogP contribution >= 0.6 is 0 Å². The Hall–Kier alpha value is -1.64. The van der Waals surface area contributed by atoms with Crippen LogP contribution in [0.3, 0.4) is 0 Å². The van der Waals surface area contributed by atoms with Crippen molar-refractivity contribution >= 4 is 0 Å². The highest BCUT2D eigenvalue weighted by Crippen LogP contribution is 2.10. The maximum Gasteiger partial charge on any atom is 0.0852 e. The summed E-state index contributed by atoms with van der Waals surface area (Å²) in [6, 6.07) is 10.6. The molecule has 1 aromatic heterocycles. The van der Waals surface area contributed by atoms with Gasteiger partial charge in [0.2, 0.25) is 0 Å². The number of rotatable bonds is 5. The molecule has 3 heteroatoms. The fourth-order valence-corrected chi connectivity index (χ4v) is 1.78. The zero-order valence-corrected chi connectivity index (χ0v) is 10.5. The smallest absolute Gasteiger partial charge is 0.0852 e. The molecular weight excluding hydrogens is 210 g/mol. The van der Waals surface area contributed by atoms with Crippen LogP contribution in [0.5, 0.6) is 0 Å². The average Bonchev–Trinajstić information content (AvgIpc) is 2.79. The Morgan fingerprint density at radius 3 is 2.59 bits per heavy atom. The first kappa shape index (κ1) is 11.8. The first-order valence-corrected chi connectivity index (χ1v) is 6.19. The molecule has 0 atom stereocenters. The molecular formula is C14H19N3. The Morgan fingerprint density at radius 1 is 1.18 bits per heavy atom. The van der Waals surface area contributed by atoms with Crippen molar-refractivity contribution in [3.8, 4) is 0 Å². The number of aromatic nitrogens is 3. The van der Waals surface area contributed by atoms with Crippen molar-refractivity contribution in [2.45, 2.75) is 39.2 Å². The Labute approximate surface area is 102 Å². The lowest BCUT2D eigenvalue weighted by molar-refractivity contribution is 0.558. The molecule has 0 spiro atoms. The third-order valence-corrected chi connectivity index (χ3v) is 2.84. The van der Waals surface area contributed by atoms with E-state index in [0.717, 1.165) is 25.1 Å². The molecule has 2 aromatic rings. The van der Waals surface area contributed by atoms with Crippen molar-refractivity contribution < 1.29 is 0 Å². The maximum atomic E-state index is 4.15. The van der Waals surface area contributed by atoms with E-state index < -0.39 is 0 Å². The fourth-order valence-electron chi connectivity index (χ4n) is 1.78. The minimum atomic E-state index is 0.456. The summed E-state index contributed by atoms with van der Waals surface area (Å²) in [7, 11) is 0. The van der Waals surface area contributed by atoms with Gasteiger partial charge in [-0.25, -0.2) is 0 Å². The van der Waals surface area contributed by atoms with Crippen LogP contribution in [0, 0.1) is 0 Å². The molecule has 0 aliphatic rings. The molecule has 2 rings (SSSR count). The van der Waals surface area contributed by atoms with E-state index in [1.165, 1.54) is 5.56 Å². The van der Waals surface area contributed by atoms with E-state index in [4.69, 9.17) is 0 Å². The van der Waals surface area contributed by atoms with Gasteiger partial charge in [-0.05, 0) is 24.3 Å². The van der Waals surface area contributed by atoms with Gasteiger partial charge in [-0.1, -0.05) is 49.4 Å². The van der Waals surface area contributed by atoms with Crippen LogP contribution in [-0.2, 0) is 13.0 Å². The zero-order chi connectivity index (χ0) is 12.1. The van der Waals surface area contributed by atoms with Gasteiger partial charge >= 0.3 is 0 Å². The van der Waals surface area contributed by atoms with Crippen molar-refractivity contribution in [1.29, 1.82) is 0 Å². The van der Waals surface area contributed by atoms with E-state index in [9.17, 15) is 0 Å². The Kier molecular flexibility index (Phi) is 3.91. The van der Waals surface area contributed by atoms with Gasteiger partial charge < -0.3 is 0 Å². The van der Waals surface area contributed by atoms with Gasteiger partial charge in [-0.15, -0.1) is 5.10 Å². The van der Waals surface area contributed by atoms with Crippen LogP contribution in [0.1, 0.15) is 37.4 Å². The number of nitrogens with zero attached hydrogens (tertiary/aromatic N) is 3. The Bertz CT molecular complexity index is 446. The predicted octanol–water partition coefficient (Wildman–Crippen LogP) is 3.03. The lowest BCUT2D eigenvalue weighted by Crippen LogP contribution is -2.00. The van der Waals surface area contributed by atoms with Crippen LogP contribution in [0.4, 0.5) is 0 Å². The third-order valence-electron chi connectivity index (χ3n) is 2.84. The standard InChI is InChI=1S/C14H19N3/c1-12(2)14-11-17(16-15-14)10-6-9-13-7-4-3-5-8-13/h3-5,7-8,11-12H,6,9-10H2,1-2H3. The molecule has 0 amide bonds. The van der Waals surface area contributed by atoms with Crippen molar-refractivity contribution in [2.75, 3.05) is 0 Å². The molecule has 0 aliphatic heterocycles. The molecule has 1 heterocycles. The summed E-state index contributed by atoms with van der Waals surface area (Å²) >= 11 is 0. The van der Waals surface area contributed by atoms with Gasteiger partial charge in [0.15, 0.2) is 0 Å². The molecule has 90 valence electrons. The third kappa shape index (κ3) is 3.41. The monoisotopic (exact) mass is 229 g/mol. The maximum absolute atomic E-state index is 4.15. The van der Waals surface area contributed by atoms with Gasteiger partial charge in [0, 0.05) is 12.7 Å². The van der Waals surface area contributed by atoms with Crippen molar-refractivity contribution in [3.63, 3.8) is 0 Å². The zero-order valence-electron chi connectivity index (χ0n) is 10.5. The van der Waals surface area contributed by atoms with Gasteiger partial charge in [-0.2, -0.15) is 0 Å². The van der Waals surface area contributed by atoms with E-state index in [-0.39, 0.29) is 0 Å². The number of benzene rings is 1. The van der Waals surface area contributed by atoms with E-state index >= 15 is 0 Å².